The van der Waals surface area contributed by atoms with Crippen LogP contribution < -0.4 is 10.2 Å². The van der Waals surface area contributed by atoms with E-state index >= 15 is 0 Å². The number of amides is 1. The quantitative estimate of drug-likeness (QED) is 0.711. The molecule has 3 aromatic rings. The van der Waals surface area contributed by atoms with Gasteiger partial charge in [0.25, 0.3) is 5.91 Å². The molecule has 2 aromatic carbocycles. The lowest BCUT2D eigenvalue weighted by Crippen LogP contribution is -2.44. The first kappa shape index (κ1) is 16.5. The lowest BCUT2D eigenvalue weighted by molar-refractivity contribution is 0.0946. The van der Waals surface area contributed by atoms with Crippen molar-refractivity contribution in [2.45, 2.75) is 32.4 Å². The summed E-state index contributed by atoms with van der Waals surface area (Å²) in [7, 11) is 0. The van der Waals surface area contributed by atoms with Gasteiger partial charge in [0, 0.05) is 23.0 Å². The minimum atomic E-state index is -0.0781. The Balaban J connectivity index is 1.70. The predicted octanol–water partition coefficient (Wildman–Crippen LogP) is 5.18. The number of nitrogens with zero attached hydrogens (tertiary/aromatic N) is 1. The molecule has 0 aliphatic carbocycles. The minimum Gasteiger partial charge on any atom is -0.459 e. The second-order valence-corrected chi connectivity index (χ2v) is 6.81. The molecule has 0 bridgehead atoms. The van der Waals surface area contributed by atoms with Crippen LogP contribution in [0.2, 0.25) is 0 Å². The average Bonchev–Trinajstić information content (AvgIpc) is 3.08. The molecule has 132 valence electrons. The molecule has 0 saturated carbocycles. The van der Waals surface area contributed by atoms with Gasteiger partial charge in [0.15, 0.2) is 5.76 Å². The van der Waals surface area contributed by atoms with E-state index in [0.29, 0.717) is 5.76 Å². The topological polar surface area (TPSA) is 45.5 Å². The first-order valence-electron chi connectivity index (χ1n) is 8.93. The van der Waals surface area contributed by atoms with E-state index in [1.165, 1.54) is 0 Å². The summed E-state index contributed by atoms with van der Waals surface area (Å²) in [6.07, 6.45) is 2.40. The average molecular weight is 346 g/mol. The molecule has 1 aromatic heterocycles. The zero-order valence-electron chi connectivity index (χ0n) is 15.0. The molecule has 2 unspecified atom stereocenters. The maximum Gasteiger partial charge on any atom is 0.294 e. The first-order chi connectivity index (χ1) is 12.6. The van der Waals surface area contributed by atoms with Crippen LogP contribution in [0.3, 0.4) is 0 Å². The van der Waals surface area contributed by atoms with Crippen LogP contribution in [0.25, 0.3) is 0 Å². The highest BCUT2D eigenvalue weighted by molar-refractivity contribution is 6.06. The van der Waals surface area contributed by atoms with Crippen molar-refractivity contribution in [3.8, 4) is 0 Å². The summed E-state index contributed by atoms with van der Waals surface area (Å²) in [6, 6.07) is 20.3. The van der Waals surface area contributed by atoms with Gasteiger partial charge in [-0.3, -0.25) is 4.79 Å². The fourth-order valence-electron chi connectivity index (χ4n) is 3.70. The molecule has 0 radical (unpaired) electrons. The van der Waals surface area contributed by atoms with Crippen molar-refractivity contribution in [3.05, 3.63) is 83.8 Å². The van der Waals surface area contributed by atoms with Crippen LogP contribution in [0.15, 0.2) is 71.3 Å². The van der Waals surface area contributed by atoms with Crippen molar-refractivity contribution in [1.82, 2.24) is 0 Å². The summed E-state index contributed by atoms with van der Waals surface area (Å²) in [5.74, 6) is 0.340. The molecule has 0 spiro atoms. The molecular formula is C22H22N2O2. The van der Waals surface area contributed by atoms with E-state index in [2.05, 4.69) is 30.4 Å². The highest BCUT2D eigenvalue weighted by atomic mass is 16.3. The molecular weight excluding hydrogens is 324 g/mol. The highest BCUT2D eigenvalue weighted by Crippen LogP contribution is 2.39. The van der Waals surface area contributed by atoms with Gasteiger partial charge in [-0.25, -0.2) is 0 Å². The van der Waals surface area contributed by atoms with E-state index in [0.717, 1.165) is 28.9 Å². The molecule has 0 saturated heterocycles. The van der Waals surface area contributed by atoms with Crippen LogP contribution in [0.4, 0.5) is 11.4 Å². The van der Waals surface area contributed by atoms with Crippen molar-refractivity contribution in [3.63, 3.8) is 0 Å². The fourth-order valence-corrected chi connectivity index (χ4v) is 3.70. The summed E-state index contributed by atoms with van der Waals surface area (Å²) >= 11 is 0. The lowest BCUT2D eigenvalue weighted by Gasteiger charge is -2.39. The van der Waals surface area contributed by atoms with Gasteiger partial charge >= 0.3 is 0 Å². The lowest BCUT2D eigenvalue weighted by atomic mass is 9.91. The number of hydrogen-bond donors (Lipinski definition) is 1. The van der Waals surface area contributed by atoms with Crippen molar-refractivity contribution >= 4 is 17.3 Å². The molecule has 1 aliphatic heterocycles. The van der Waals surface area contributed by atoms with E-state index < -0.39 is 0 Å². The zero-order valence-corrected chi connectivity index (χ0v) is 15.0. The number of benzene rings is 2. The first-order valence-corrected chi connectivity index (χ1v) is 8.93. The number of carbonyl (C=O) groups is 1. The van der Waals surface area contributed by atoms with Crippen molar-refractivity contribution in [2.75, 3.05) is 10.2 Å². The van der Waals surface area contributed by atoms with E-state index in [1.54, 1.807) is 6.26 Å². The molecule has 1 amide bonds. The molecule has 1 N–H and O–H groups in total. The molecule has 4 heteroatoms. The maximum atomic E-state index is 13.1. The molecule has 0 fully saturated rings. The Labute approximate surface area is 153 Å². The fraction of sp³-hybridized carbons (Fsp3) is 0.227. The number of hydrogen-bond acceptors (Lipinski definition) is 3. The van der Waals surface area contributed by atoms with Gasteiger partial charge in [-0.15, -0.1) is 0 Å². The van der Waals surface area contributed by atoms with E-state index in [-0.39, 0.29) is 18.0 Å². The van der Waals surface area contributed by atoms with Crippen LogP contribution in [0, 0.1) is 6.92 Å². The molecule has 2 heterocycles. The molecule has 26 heavy (non-hydrogen) atoms. The van der Waals surface area contributed by atoms with Crippen LogP contribution >= 0.6 is 0 Å². The van der Waals surface area contributed by atoms with E-state index in [1.807, 2.05) is 54.3 Å². The zero-order chi connectivity index (χ0) is 18.1. The number of fused-ring (bicyclic) bond motifs is 1. The second-order valence-electron chi connectivity index (χ2n) is 6.81. The Hall–Kier alpha value is -3.01. The Bertz CT molecular complexity index is 917. The van der Waals surface area contributed by atoms with Gasteiger partial charge in [-0.1, -0.05) is 36.4 Å². The third-order valence-corrected chi connectivity index (χ3v) is 4.98. The van der Waals surface area contributed by atoms with Crippen molar-refractivity contribution < 1.29 is 9.21 Å². The van der Waals surface area contributed by atoms with Crippen molar-refractivity contribution in [2.24, 2.45) is 0 Å². The summed E-state index contributed by atoms with van der Waals surface area (Å²) in [5.41, 5.74) is 4.03. The number of nitrogens with one attached hydrogen (secondary N) is 1. The number of aryl methyl sites for hydroxylation is 1. The number of anilines is 2. The predicted molar refractivity (Wildman–Crippen MR) is 104 cm³/mol. The largest absolute Gasteiger partial charge is 0.459 e. The number of rotatable bonds is 3. The second kappa shape index (κ2) is 6.71. The van der Waals surface area contributed by atoms with Crippen LogP contribution in [0.1, 0.15) is 41.1 Å². The van der Waals surface area contributed by atoms with Gasteiger partial charge in [-0.2, -0.15) is 0 Å². The Morgan fingerprint density at radius 1 is 1.08 bits per heavy atom. The Kier molecular flexibility index (Phi) is 4.25. The third-order valence-electron chi connectivity index (χ3n) is 4.98. The maximum absolute atomic E-state index is 13.1. The van der Waals surface area contributed by atoms with Gasteiger partial charge < -0.3 is 14.6 Å². The molecule has 4 rings (SSSR count). The van der Waals surface area contributed by atoms with E-state index in [4.69, 9.17) is 4.42 Å². The third kappa shape index (κ3) is 2.88. The van der Waals surface area contributed by atoms with Gasteiger partial charge in [-0.05, 0) is 50.1 Å². The normalized spacial score (nSPS) is 19.1. The summed E-state index contributed by atoms with van der Waals surface area (Å²) < 4.78 is 5.46. The van der Waals surface area contributed by atoms with Crippen LogP contribution in [-0.2, 0) is 0 Å². The summed E-state index contributed by atoms with van der Waals surface area (Å²) in [6.45, 7) is 3.99. The standard InChI is InChI=1S/C22H22N2O2/c1-15-12-13-26-21(15)22(25)24-16(2)14-19(18-10-6-7-11-20(18)24)23-17-8-4-3-5-9-17/h3-13,16,19,23H,14H2,1-2H3. The molecule has 2 atom stereocenters. The summed E-state index contributed by atoms with van der Waals surface area (Å²) in [5, 5.41) is 3.61. The van der Waals surface area contributed by atoms with Gasteiger partial charge in [0.2, 0.25) is 0 Å². The summed E-state index contributed by atoms with van der Waals surface area (Å²) in [4.78, 5) is 15.0. The monoisotopic (exact) mass is 346 g/mol. The smallest absolute Gasteiger partial charge is 0.294 e. The number of carbonyl (C=O) groups excluding carboxylic acids is 1. The Morgan fingerprint density at radius 2 is 1.81 bits per heavy atom. The molecule has 1 aliphatic rings. The number of para-hydroxylation sites is 2. The number of furan rings is 1. The van der Waals surface area contributed by atoms with Gasteiger partial charge in [0.05, 0.1) is 12.3 Å². The highest BCUT2D eigenvalue weighted by Gasteiger charge is 2.35. The minimum absolute atomic E-state index is 0.0584. The van der Waals surface area contributed by atoms with Crippen molar-refractivity contribution in [1.29, 1.82) is 0 Å². The molecule has 4 nitrogen and oxygen atoms in total. The van der Waals surface area contributed by atoms with E-state index in [9.17, 15) is 4.79 Å². The Morgan fingerprint density at radius 3 is 2.54 bits per heavy atom. The van der Waals surface area contributed by atoms with Gasteiger partial charge in [0.1, 0.15) is 0 Å². The van der Waals surface area contributed by atoms with Crippen LogP contribution in [-0.4, -0.2) is 11.9 Å². The SMILES string of the molecule is Cc1ccoc1C(=O)N1c2ccccc2C(Nc2ccccc2)CC1C. The van der Waals surface area contributed by atoms with Crippen LogP contribution in [0.5, 0.6) is 0 Å².